The zero-order valence-electron chi connectivity index (χ0n) is 10.2. The van der Waals surface area contributed by atoms with Gasteiger partial charge >= 0.3 is 5.69 Å². The lowest BCUT2D eigenvalue weighted by molar-refractivity contribution is 0.340. The van der Waals surface area contributed by atoms with Gasteiger partial charge in [0.2, 0.25) is 0 Å². The maximum Gasteiger partial charge on any atom is 0.364 e. The highest BCUT2D eigenvalue weighted by molar-refractivity contribution is 5.56. The highest BCUT2D eigenvalue weighted by Crippen LogP contribution is 2.19. The van der Waals surface area contributed by atoms with Crippen LogP contribution < -0.4 is 10.4 Å². The Balaban J connectivity index is 2.40. The molecule has 0 aliphatic heterocycles. The van der Waals surface area contributed by atoms with E-state index in [-0.39, 0.29) is 5.69 Å². The zero-order valence-corrected chi connectivity index (χ0v) is 10.2. The number of nitrogens with zero attached hydrogens (tertiary/aromatic N) is 3. The van der Waals surface area contributed by atoms with Crippen LogP contribution in [0.15, 0.2) is 29.1 Å². The molecule has 0 unspecified atom stereocenters. The van der Waals surface area contributed by atoms with Gasteiger partial charge in [0.25, 0.3) is 0 Å². The van der Waals surface area contributed by atoms with Crippen molar-refractivity contribution in [2.45, 2.75) is 6.92 Å². The zero-order chi connectivity index (χ0) is 12.4. The molecule has 0 N–H and O–H groups in total. The number of ether oxygens (including phenoxy) is 1. The monoisotopic (exact) mass is 233 g/mol. The third-order valence-corrected chi connectivity index (χ3v) is 2.66. The summed E-state index contributed by atoms with van der Waals surface area (Å²) in [7, 11) is 3.49. The van der Waals surface area contributed by atoms with Crippen molar-refractivity contribution in [1.82, 2.24) is 14.3 Å². The van der Waals surface area contributed by atoms with Gasteiger partial charge in [-0.15, -0.1) is 0 Å². The van der Waals surface area contributed by atoms with E-state index in [1.807, 2.05) is 31.2 Å². The van der Waals surface area contributed by atoms with Crippen LogP contribution >= 0.6 is 0 Å². The molecule has 5 heteroatoms. The molecule has 0 fully saturated rings. The molecule has 2 rings (SSSR count). The molecule has 0 spiro atoms. The first-order valence-electron chi connectivity index (χ1n) is 5.46. The summed E-state index contributed by atoms with van der Waals surface area (Å²) < 4.78 is 8.55. The lowest BCUT2D eigenvalue weighted by Crippen LogP contribution is -2.17. The molecule has 5 nitrogen and oxygen atoms in total. The number of hydrogen-bond donors (Lipinski definition) is 0. The highest BCUT2D eigenvalue weighted by Gasteiger charge is 2.08. The van der Waals surface area contributed by atoms with Crippen LogP contribution in [0.3, 0.4) is 0 Å². The van der Waals surface area contributed by atoms with Crippen LogP contribution in [-0.2, 0) is 14.1 Å². The lowest BCUT2D eigenvalue weighted by atomic mass is 10.2. The standard InChI is InChI=1S/C12H15N3O2/c1-4-17-10-7-5-9(6-8-10)11-13-12(16)15(3)14(11)2/h5-8H,4H2,1-3H3. The second-order valence-corrected chi connectivity index (χ2v) is 3.72. The molecular formula is C12H15N3O2. The van der Waals surface area contributed by atoms with Crippen LogP contribution in [0.25, 0.3) is 11.4 Å². The lowest BCUT2D eigenvalue weighted by Gasteiger charge is -2.05. The minimum absolute atomic E-state index is 0.253. The van der Waals surface area contributed by atoms with E-state index >= 15 is 0 Å². The molecule has 1 heterocycles. The third kappa shape index (κ3) is 2.08. The van der Waals surface area contributed by atoms with Gasteiger partial charge in [-0.2, -0.15) is 4.98 Å². The Bertz CT molecular complexity index is 566. The molecule has 0 amide bonds. The summed E-state index contributed by atoms with van der Waals surface area (Å²) in [4.78, 5) is 15.4. The second-order valence-electron chi connectivity index (χ2n) is 3.72. The molecule has 1 aromatic heterocycles. The van der Waals surface area contributed by atoms with Crippen molar-refractivity contribution in [1.29, 1.82) is 0 Å². The average molecular weight is 233 g/mol. The van der Waals surface area contributed by atoms with E-state index in [1.54, 1.807) is 18.8 Å². The van der Waals surface area contributed by atoms with Crippen molar-refractivity contribution in [2.75, 3.05) is 6.61 Å². The molecule has 17 heavy (non-hydrogen) atoms. The van der Waals surface area contributed by atoms with Gasteiger partial charge in [0.1, 0.15) is 5.75 Å². The van der Waals surface area contributed by atoms with E-state index < -0.39 is 0 Å². The molecule has 90 valence electrons. The predicted molar refractivity (Wildman–Crippen MR) is 65.1 cm³/mol. The first-order valence-corrected chi connectivity index (χ1v) is 5.46. The highest BCUT2D eigenvalue weighted by atomic mass is 16.5. The average Bonchev–Trinajstić information content (AvgIpc) is 2.59. The molecule has 0 saturated carbocycles. The summed E-state index contributed by atoms with van der Waals surface area (Å²) in [5.74, 6) is 1.47. The van der Waals surface area contributed by atoms with E-state index in [9.17, 15) is 4.79 Å². The van der Waals surface area contributed by atoms with Gasteiger partial charge < -0.3 is 4.74 Å². The summed E-state index contributed by atoms with van der Waals surface area (Å²) in [6.45, 7) is 2.58. The van der Waals surface area contributed by atoms with E-state index in [4.69, 9.17) is 4.74 Å². The molecular weight excluding hydrogens is 218 g/mol. The van der Waals surface area contributed by atoms with Crippen LogP contribution in [0.1, 0.15) is 6.92 Å². The topological polar surface area (TPSA) is 49.0 Å². The van der Waals surface area contributed by atoms with Gasteiger partial charge in [-0.25, -0.2) is 9.48 Å². The normalized spacial score (nSPS) is 10.5. The first-order chi connectivity index (χ1) is 8.13. The van der Waals surface area contributed by atoms with Crippen LogP contribution in [0.4, 0.5) is 0 Å². The quantitative estimate of drug-likeness (QED) is 0.800. The number of rotatable bonds is 3. The van der Waals surface area contributed by atoms with Crippen LogP contribution in [0, 0.1) is 0 Å². The number of hydrogen-bond acceptors (Lipinski definition) is 3. The summed E-state index contributed by atoms with van der Waals surface area (Å²) >= 11 is 0. The Morgan fingerprint density at radius 3 is 2.29 bits per heavy atom. The molecule has 0 aliphatic carbocycles. The predicted octanol–water partition coefficient (Wildman–Crippen LogP) is 1.18. The fourth-order valence-electron chi connectivity index (χ4n) is 1.62. The van der Waals surface area contributed by atoms with Gasteiger partial charge in [-0.1, -0.05) is 0 Å². The van der Waals surface area contributed by atoms with Gasteiger partial charge in [-0.3, -0.25) is 4.68 Å². The third-order valence-electron chi connectivity index (χ3n) is 2.66. The van der Waals surface area contributed by atoms with Crippen LogP contribution in [0.5, 0.6) is 5.75 Å². The molecule has 0 radical (unpaired) electrons. The SMILES string of the molecule is CCOc1ccc(-c2nc(=O)n(C)n2C)cc1. The Labute approximate surface area is 99.3 Å². The summed E-state index contributed by atoms with van der Waals surface area (Å²) in [6.07, 6.45) is 0. The van der Waals surface area contributed by atoms with Crippen molar-refractivity contribution in [3.05, 3.63) is 34.7 Å². The Morgan fingerprint density at radius 1 is 1.18 bits per heavy atom. The van der Waals surface area contributed by atoms with Gasteiger partial charge in [0, 0.05) is 19.7 Å². The largest absolute Gasteiger partial charge is 0.494 e. The minimum atomic E-state index is -0.253. The summed E-state index contributed by atoms with van der Waals surface area (Å²) in [5.41, 5.74) is 0.644. The molecule has 0 bridgehead atoms. The van der Waals surface area contributed by atoms with Crippen molar-refractivity contribution in [3.8, 4) is 17.1 Å². The van der Waals surface area contributed by atoms with Crippen molar-refractivity contribution in [2.24, 2.45) is 14.1 Å². The van der Waals surface area contributed by atoms with E-state index in [0.717, 1.165) is 11.3 Å². The van der Waals surface area contributed by atoms with E-state index in [0.29, 0.717) is 12.4 Å². The fraction of sp³-hybridized carbons (Fsp3) is 0.333. The molecule has 1 aromatic carbocycles. The van der Waals surface area contributed by atoms with E-state index in [2.05, 4.69) is 4.98 Å². The van der Waals surface area contributed by atoms with Crippen molar-refractivity contribution < 1.29 is 4.74 Å². The van der Waals surface area contributed by atoms with Crippen LogP contribution in [-0.4, -0.2) is 21.0 Å². The minimum Gasteiger partial charge on any atom is -0.494 e. The first kappa shape index (κ1) is 11.4. The van der Waals surface area contributed by atoms with Crippen LogP contribution in [0.2, 0.25) is 0 Å². The second kappa shape index (κ2) is 4.45. The number of aromatic nitrogens is 3. The van der Waals surface area contributed by atoms with Gasteiger partial charge in [0.05, 0.1) is 6.61 Å². The maximum atomic E-state index is 11.4. The smallest absolute Gasteiger partial charge is 0.364 e. The molecule has 0 saturated heterocycles. The van der Waals surface area contributed by atoms with E-state index in [1.165, 1.54) is 4.68 Å². The summed E-state index contributed by atoms with van der Waals surface area (Å²) in [6, 6.07) is 7.54. The fourth-order valence-corrected chi connectivity index (χ4v) is 1.62. The molecule has 0 aliphatic rings. The Kier molecular flexibility index (Phi) is 2.99. The van der Waals surface area contributed by atoms with Gasteiger partial charge in [-0.05, 0) is 31.2 Å². The Hall–Kier alpha value is -2.04. The van der Waals surface area contributed by atoms with Crippen molar-refractivity contribution >= 4 is 0 Å². The molecule has 2 aromatic rings. The molecule has 0 atom stereocenters. The Morgan fingerprint density at radius 2 is 1.82 bits per heavy atom. The van der Waals surface area contributed by atoms with Crippen molar-refractivity contribution in [3.63, 3.8) is 0 Å². The van der Waals surface area contributed by atoms with Gasteiger partial charge in [0.15, 0.2) is 5.82 Å². The summed E-state index contributed by atoms with van der Waals surface area (Å²) in [5, 5.41) is 0. The number of benzene rings is 1. The maximum absolute atomic E-state index is 11.4.